The Hall–Kier alpha value is -3.48. The Labute approximate surface area is 195 Å². The minimum Gasteiger partial charge on any atom is -0.494 e. The van der Waals surface area contributed by atoms with E-state index in [1.807, 2.05) is 36.4 Å². The van der Waals surface area contributed by atoms with Crippen LogP contribution in [0, 0.1) is 10.1 Å². The summed E-state index contributed by atoms with van der Waals surface area (Å²) in [6.45, 7) is 3.01. The Bertz CT molecular complexity index is 1010. The molecule has 33 heavy (non-hydrogen) atoms. The van der Waals surface area contributed by atoms with Crippen molar-refractivity contribution in [3.05, 3.63) is 76.1 Å². The van der Waals surface area contributed by atoms with E-state index in [2.05, 4.69) is 17.2 Å². The van der Waals surface area contributed by atoms with E-state index in [-0.39, 0.29) is 5.69 Å². The van der Waals surface area contributed by atoms with E-state index in [0.29, 0.717) is 11.4 Å². The topological polar surface area (TPSA) is 83.1 Å². The van der Waals surface area contributed by atoms with Gasteiger partial charge in [0.2, 0.25) is 0 Å². The highest BCUT2D eigenvalue weighted by Crippen LogP contribution is 2.17. The van der Waals surface area contributed by atoms with Crippen molar-refractivity contribution < 1.29 is 9.66 Å². The number of aromatic nitrogens is 3. The summed E-state index contributed by atoms with van der Waals surface area (Å²) in [6, 6.07) is 14.2. The summed E-state index contributed by atoms with van der Waals surface area (Å²) in [5, 5.41) is 19.0. The molecule has 0 aliphatic rings. The molecule has 0 amide bonds. The minimum atomic E-state index is -0.425. The molecule has 0 N–H and O–H groups in total. The molecule has 0 saturated carbocycles. The average molecular weight is 449 g/mol. The number of hydrogen-bond donors (Lipinski definition) is 0. The maximum atomic E-state index is 10.8. The van der Waals surface area contributed by atoms with E-state index in [1.54, 1.807) is 23.0 Å². The van der Waals surface area contributed by atoms with E-state index < -0.39 is 4.92 Å². The van der Waals surface area contributed by atoms with Gasteiger partial charge in [-0.3, -0.25) is 10.1 Å². The summed E-state index contributed by atoms with van der Waals surface area (Å²) in [6.07, 6.45) is 16.0. The first-order chi connectivity index (χ1) is 16.2. The molecule has 0 atom stereocenters. The van der Waals surface area contributed by atoms with E-state index in [0.717, 1.165) is 24.3 Å². The molecule has 7 heteroatoms. The molecule has 0 fully saturated rings. The van der Waals surface area contributed by atoms with Crippen LogP contribution in [0.4, 0.5) is 5.69 Å². The third-order valence-electron chi connectivity index (χ3n) is 5.43. The summed E-state index contributed by atoms with van der Waals surface area (Å²) in [7, 11) is 0. The first-order valence-corrected chi connectivity index (χ1v) is 11.7. The summed E-state index contributed by atoms with van der Waals surface area (Å²) in [4.78, 5) is 10.4. The summed E-state index contributed by atoms with van der Waals surface area (Å²) in [5.74, 6) is 0.888. The van der Waals surface area contributed by atoms with E-state index >= 15 is 0 Å². The normalized spacial score (nSPS) is 11.2. The molecular weight excluding hydrogens is 416 g/mol. The van der Waals surface area contributed by atoms with Crippen molar-refractivity contribution in [2.24, 2.45) is 0 Å². The second kappa shape index (κ2) is 13.2. The first-order valence-electron chi connectivity index (χ1n) is 11.7. The fourth-order valence-electron chi connectivity index (χ4n) is 3.49. The number of nitrogens with zero attached hydrogens (tertiary/aromatic N) is 4. The van der Waals surface area contributed by atoms with Crippen molar-refractivity contribution in [1.82, 2.24) is 15.0 Å². The number of ether oxygens (including phenoxy) is 1. The van der Waals surface area contributed by atoms with Crippen LogP contribution in [0.3, 0.4) is 0 Å². The van der Waals surface area contributed by atoms with Gasteiger partial charge in [0.25, 0.3) is 5.69 Å². The molecule has 7 nitrogen and oxygen atoms in total. The molecule has 3 rings (SSSR count). The zero-order valence-corrected chi connectivity index (χ0v) is 19.2. The Balaban J connectivity index is 1.41. The lowest BCUT2D eigenvalue weighted by atomic mass is 10.1. The summed E-state index contributed by atoms with van der Waals surface area (Å²) in [5.41, 5.74) is 2.50. The van der Waals surface area contributed by atoms with Gasteiger partial charge >= 0.3 is 0 Å². The number of non-ortho nitro benzene ring substituents is 1. The molecule has 0 unspecified atom stereocenters. The molecular formula is C26H32N4O3. The van der Waals surface area contributed by atoms with Gasteiger partial charge in [-0.1, -0.05) is 75.3 Å². The van der Waals surface area contributed by atoms with Crippen molar-refractivity contribution in [2.75, 3.05) is 6.61 Å². The van der Waals surface area contributed by atoms with Crippen LogP contribution >= 0.6 is 0 Å². The molecule has 0 saturated heterocycles. The van der Waals surface area contributed by atoms with Gasteiger partial charge in [-0.25, -0.2) is 4.68 Å². The van der Waals surface area contributed by atoms with Crippen LogP contribution in [0.15, 0.2) is 54.7 Å². The van der Waals surface area contributed by atoms with Gasteiger partial charge in [0.05, 0.1) is 23.4 Å². The van der Waals surface area contributed by atoms with Gasteiger partial charge in [0, 0.05) is 12.1 Å². The molecule has 1 heterocycles. The fourth-order valence-corrected chi connectivity index (χ4v) is 3.49. The standard InChI is InChI=1S/C26H32N4O3/c1-2-3-4-5-6-7-8-9-20-33-26-18-11-22(12-19-26)10-13-23-21-29(28-27-23)24-14-16-25(17-15-24)30(31)32/h10-19,21H,2-9,20H2,1H3/b13-10-. The number of hydrogen-bond acceptors (Lipinski definition) is 5. The zero-order chi connectivity index (χ0) is 23.3. The zero-order valence-electron chi connectivity index (χ0n) is 19.2. The molecule has 1 aromatic heterocycles. The lowest BCUT2D eigenvalue weighted by Gasteiger charge is -2.06. The number of nitro groups is 1. The lowest BCUT2D eigenvalue weighted by Crippen LogP contribution is -1.97. The van der Waals surface area contributed by atoms with Crippen LogP contribution in [-0.4, -0.2) is 26.5 Å². The third kappa shape index (κ3) is 8.18. The highest BCUT2D eigenvalue weighted by Gasteiger charge is 2.06. The number of unbranched alkanes of at least 4 members (excludes halogenated alkanes) is 7. The summed E-state index contributed by atoms with van der Waals surface area (Å²) < 4.78 is 7.44. The Morgan fingerprint density at radius 2 is 1.58 bits per heavy atom. The largest absolute Gasteiger partial charge is 0.494 e. The molecule has 2 aromatic carbocycles. The van der Waals surface area contributed by atoms with Gasteiger partial charge in [-0.2, -0.15) is 0 Å². The van der Waals surface area contributed by atoms with Crippen molar-refractivity contribution in [1.29, 1.82) is 0 Å². The quantitative estimate of drug-likeness (QED) is 0.153. The number of nitro benzene ring substituents is 1. The molecule has 3 aromatic rings. The highest BCUT2D eigenvalue weighted by atomic mass is 16.6. The molecule has 0 aliphatic carbocycles. The maximum absolute atomic E-state index is 10.8. The Kier molecular flexibility index (Phi) is 9.63. The second-order valence-corrected chi connectivity index (χ2v) is 8.09. The van der Waals surface area contributed by atoms with Crippen molar-refractivity contribution >= 4 is 17.8 Å². The Morgan fingerprint density at radius 3 is 2.24 bits per heavy atom. The van der Waals surface area contributed by atoms with Gasteiger partial charge in [0.15, 0.2) is 0 Å². The summed E-state index contributed by atoms with van der Waals surface area (Å²) >= 11 is 0. The SMILES string of the molecule is CCCCCCCCCCOc1ccc(/C=C\c2cn(-c3ccc([N+](=O)[O-])cc3)nn2)cc1. The van der Waals surface area contributed by atoms with Gasteiger partial charge in [-0.05, 0) is 42.3 Å². The van der Waals surface area contributed by atoms with Crippen LogP contribution in [0.25, 0.3) is 17.8 Å². The van der Waals surface area contributed by atoms with E-state index in [9.17, 15) is 10.1 Å². The van der Waals surface area contributed by atoms with Crippen LogP contribution in [-0.2, 0) is 0 Å². The van der Waals surface area contributed by atoms with Crippen LogP contribution in [0.1, 0.15) is 69.5 Å². The molecule has 0 bridgehead atoms. The lowest BCUT2D eigenvalue weighted by molar-refractivity contribution is -0.384. The molecule has 0 spiro atoms. The van der Waals surface area contributed by atoms with Gasteiger partial charge < -0.3 is 4.74 Å². The van der Waals surface area contributed by atoms with E-state index in [1.165, 1.54) is 57.1 Å². The minimum absolute atomic E-state index is 0.0456. The van der Waals surface area contributed by atoms with E-state index in [4.69, 9.17) is 4.74 Å². The van der Waals surface area contributed by atoms with Crippen LogP contribution < -0.4 is 4.74 Å². The average Bonchev–Trinajstić information content (AvgIpc) is 3.31. The van der Waals surface area contributed by atoms with Gasteiger partial charge in [-0.15, -0.1) is 5.10 Å². The second-order valence-electron chi connectivity index (χ2n) is 8.09. The number of rotatable bonds is 14. The fraction of sp³-hybridized carbons (Fsp3) is 0.385. The maximum Gasteiger partial charge on any atom is 0.269 e. The molecule has 174 valence electrons. The van der Waals surface area contributed by atoms with Crippen molar-refractivity contribution in [2.45, 2.75) is 58.3 Å². The number of benzene rings is 2. The van der Waals surface area contributed by atoms with Crippen molar-refractivity contribution in [3.63, 3.8) is 0 Å². The monoisotopic (exact) mass is 448 g/mol. The highest BCUT2D eigenvalue weighted by molar-refractivity contribution is 5.68. The van der Waals surface area contributed by atoms with Crippen LogP contribution in [0.2, 0.25) is 0 Å². The predicted octanol–water partition coefficient (Wildman–Crippen LogP) is 6.87. The smallest absolute Gasteiger partial charge is 0.269 e. The Morgan fingerprint density at radius 1 is 0.909 bits per heavy atom. The van der Waals surface area contributed by atoms with Gasteiger partial charge in [0.1, 0.15) is 11.4 Å². The first kappa shape index (κ1) is 24.2. The third-order valence-corrected chi connectivity index (χ3v) is 5.43. The van der Waals surface area contributed by atoms with Crippen molar-refractivity contribution in [3.8, 4) is 11.4 Å². The predicted molar refractivity (Wildman–Crippen MR) is 131 cm³/mol. The molecule has 0 aliphatic heterocycles. The molecule has 0 radical (unpaired) electrons. The van der Waals surface area contributed by atoms with Crippen LogP contribution in [0.5, 0.6) is 5.75 Å².